The van der Waals surface area contributed by atoms with Crippen LogP contribution in [0.3, 0.4) is 0 Å². The number of aryl methyl sites for hydroxylation is 1. The Kier molecular flexibility index (Phi) is 6.14. The standard InChI is InChI=1S/C17H19F3N4O2/c1-11-10-14(25)15(16(26)22-9-5-8-21-2)23-24(11)13-7-4-3-6-12(13)17(18,19)20/h3-4,6-7,10,21H,5,8-9H2,1-2H3,(H,22,26). The number of aromatic nitrogens is 2. The van der Waals surface area contributed by atoms with Crippen molar-refractivity contribution in [1.82, 2.24) is 20.4 Å². The van der Waals surface area contributed by atoms with Crippen molar-refractivity contribution >= 4 is 5.91 Å². The zero-order chi connectivity index (χ0) is 19.3. The molecule has 0 aliphatic heterocycles. The molecule has 2 rings (SSSR count). The number of halogens is 3. The first-order valence-electron chi connectivity index (χ1n) is 7.96. The van der Waals surface area contributed by atoms with E-state index < -0.39 is 28.8 Å². The number of para-hydroxylation sites is 1. The van der Waals surface area contributed by atoms with Gasteiger partial charge in [-0.15, -0.1) is 0 Å². The number of benzene rings is 1. The van der Waals surface area contributed by atoms with E-state index in [-0.39, 0.29) is 11.4 Å². The van der Waals surface area contributed by atoms with Crippen molar-refractivity contribution in [3.63, 3.8) is 0 Å². The number of nitrogens with zero attached hydrogens (tertiary/aromatic N) is 2. The van der Waals surface area contributed by atoms with Crippen LogP contribution in [0, 0.1) is 6.92 Å². The maximum absolute atomic E-state index is 13.3. The molecular formula is C17H19F3N4O2. The number of carbonyl (C=O) groups is 1. The molecule has 0 aliphatic rings. The predicted molar refractivity (Wildman–Crippen MR) is 90.4 cm³/mol. The first kappa shape index (κ1) is 19.6. The Hall–Kier alpha value is -2.68. The van der Waals surface area contributed by atoms with Crippen molar-refractivity contribution in [3.8, 4) is 5.69 Å². The van der Waals surface area contributed by atoms with Crippen molar-refractivity contribution in [2.24, 2.45) is 0 Å². The lowest BCUT2D eigenvalue weighted by atomic mass is 10.1. The number of hydrogen-bond acceptors (Lipinski definition) is 4. The van der Waals surface area contributed by atoms with E-state index in [0.717, 1.165) is 16.8 Å². The molecule has 2 N–H and O–H groups in total. The van der Waals surface area contributed by atoms with Gasteiger partial charge in [-0.05, 0) is 39.1 Å². The van der Waals surface area contributed by atoms with Crippen molar-refractivity contribution < 1.29 is 18.0 Å². The van der Waals surface area contributed by atoms with Gasteiger partial charge in [0.1, 0.15) is 0 Å². The van der Waals surface area contributed by atoms with E-state index in [1.165, 1.54) is 25.1 Å². The van der Waals surface area contributed by atoms with E-state index in [9.17, 15) is 22.8 Å². The monoisotopic (exact) mass is 368 g/mol. The van der Waals surface area contributed by atoms with Crippen LogP contribution in [0.5, 0.6) is 0 Å². The zero-order valence-electron chi connectivity index (χ0n) is 14.4. The highest BCUT2D eigenvalue weighted by molar-refractivity contribution is 5.92. The molecule has 9 heteroatoms. The normalized spacial score (nSPS) is 11.4. The third-order valence-electron chi connectivity index (χ3n) is 3.65. The van der Waals surface area contributed by atoms with Gasteiger partial charge in [-0.3, -0.25) is 9.59 Å². The molecule has 0 unspecified atom stereocenters. The van der Waals surface area contributed by atoms with Crippen LogP contribution < -0.4 is 16.1 Å². The fraction of sp³-hybridized carbons (Fsp3) is 0.353. The average Bonchev–Trinajstić information content (AvgIpc) is 2.58. The molecule has 0 fully saturated rings. The minimum atomic E-state index is -4.59. The van der Waals surface area contributed by atoms with Gasteiger partial charge in [-0.25, -0.2) is 4.68 Å². The second kappa shape index (κ2) is 8.13. The summed E-state index contributed by atoms with van der Waals surface area (Å²) < 4.78 is 40.7. The van der Waals surface area contributed by atoms with Gasteiger partial charge < -0.3 is 10.6 Å². The summed E-state index contributed by atoms with van der Waals surface area (Å²) in [5.74, 6) is -0.718. The summed E-state index contributed by atoms with van der Waals surface area (Å²) in [7, 11) is 1.76. The molecule has 1 aromatic carbocycles. The molecule has 0 saturated heterocycles. The van der Waals surface area contributed by atoms with Gasteiger partial charge >= 0.3 is 6.18 Å². The molecule has 6 nitrogen and oxygen atoms in total. The molecule has 0 saturated carbocycles. The van der Waals surface area contributed by atoms with Gasteiger partial charge in [-0.1, -0.05) is 12.1 Å². The summed E-state index contributed by atoms with van der Waals surface area (Å²) >= 11 is 0. The van der Waals surface area contributed by atoms with Crippen LogP contribution >= 0.6 is 0 Å². The molecule has 1 aromatic heterocycles. The highest BCUT2D eigenvalue weighted by Crippen LogP contribution is 2.33. The molecule has 0 aliphatic carbocycles. The lowest BCUT2D eigenvalue weighted by molar-refractivity contribution is -0.137. The minimum Gasteiger partial charge on any atom is -0.350 e. The predicted octanol–water partition coefficient (Wildman–Crippen LogP) is 1.90. The van der Waals surface area contributed by atoms with Gasteiger partial charge in [0.25, 0.3) is 5.91 Å². The average molecular weight is 368 g/mol. The van der Waals surface area contributed by atoms with Gasteiger partial charge in [0, 0.05) is 18.3 Å². The topological polar surface area (TPSA) is 76.0 Å². The van der Waals surface area contributed by atoms with Gasteiger partial charge in [-0.2, -0.15) is 18.3 Å². The Morgan fingerprint density at radius 1 is 1.23 bits per heavy atom. The Balaban J connectivity index is 2.44. The first-order chi connectivity index (χ1) is 12.3. The van der Waals surface area contributed by atoms with Crippen LogP contribution in [0.1, 0.15) is 28.2 Å². The first-order valence-corrected chi connectivity index (χ1v) is 7.96. The molecule has 0 radical (unpaired) electrons. The Morgan fingerprint density at radius 2 is 1.92 bits per heavy atom. The van der Waals surface area contributed by atoms with Gasteiger partial charge in [0.2, 0.25) is 5.43 Å². The number of hydrogen-bond donors (Lipinski definition) is 2. The molecular weight excluding hydrogens is 349 g/mol. The van der Waals surface area contributed by atoms with E-state index >= 15 is 0 Å². The minimum absolute atomic E-state index is 0.193. The molecule has 2 aromatic rings. The summed E-state index contributed by atoms with van der Waals surface area (Å²) in [6.45, 7) is 2.44. The summed E-state index contributed by atoms with van der Waals surface area (Å²) in [5.41, 5.74) is -2.05. The van der Waals surface area contributed by atoms with Gasteiger partial charge in [0.15, 0.2) is 5.69 Å². The van der Waals surface area contributed by atoms with E-state index in [1.807, 2.05) is 0 Å². The van der Waals surface area contributed by atoms with Crippen LogP contribution in [0.15, 0.2) is 35.1 Å². The van der Waals surface area contributed by atoms with Crippen LogP contribution in [-0.2, 0) is 6.18 Å². The molecule has 26 heavy (non-hydrogen) atoms. The maximum atomic E-state index is 13.3. The van der Waals surface area contributed by atoms with Crippen molar-refractivity contribution in [3.05, 3.63) is 57.5 Å². The second-order valence-corrected chi connectivity index (χ2v) is 5.64. The Bertz CT molecular complexity index is 847. The summed E-state index contributed by atoms with van der Waals surface area (Å²) in [6, 6.07) is 5.96. The molecule has 0 atom stereocenters. The van der Waals surface area contributed by atoms with E-state index in [4.69, 9.17) is 0 Å². The van der Waals surface area contributed by atoms with E-state index in [2.05, 4.69) is 15.7 Å². The number of rotatable bonds is 6. The van der Waals surface area contributed by atoms with Crippen molar-refractivity contribution in [1.29, 1.82) is 0 Å². The third kappa shape index (κ3) is 4.48. The molecule has 1 amide bonds. The van der Waals surface area contributed by atoms with Crippen LogP contribution in [0.2, 0.25) is 0 Å². The highest BCUT2D eigenvalue weighted by Gasteiger charge is 2.34. The third-order valence-corrected chi connectivity index (χ3v) is 3.65. The van der Waals surface area contributed by atoms with Crippen LogP contribution in [0.25, 0.3) is 5.69 Å². The van der Waals surface area contributed by atoms with E-state index in [0.29, 0.717) is 19.5 Å². The Morgan fingerprint density at radius 3 is 2.58 bits per heavy atom. The fourth-order valence-electron chi connectivity index (χ4n) is 2.40. The van der Waals surface area contributed by atoms with Crippen LogP contribution in [-0.4, -0.2) is 35.8 Å². The molecule has 0 bridgehead atoms. The van der Waals surface area contributed by atoms with Gasteiger partial charge in [0.05, 0.1) is 11.3 Å². The quantitative estimate of drug-likeness (QED) is 0.764. The summed E-state index contributed by atoms with van der Waals surface area (Å²) in [4.78, 5) is 24.2. The largest absolute Gasteiger partial charge is 0.418 e. The molecule has 0 spiro atoms. The Labute approximate surface area is 148 Å². The summed E-state index contributed by atoms with van der Waals surface area (Å²) in [5, 5.41) is 9.34. The number of carbonyl (C=O) groups excluding carboxylic acids is 1. The fourth-order valence-corrected chi connectivity index (χ4v) is 2.40. The second-order valence-electron chi connectivity index (χ2n) is 5.64. The lowest BCUT2D eigenvalue weighted by Gasteiger charge is -2.16. The number of alkyl halides is 3. The lowest BCUT2D eigenvalue weighted by Crippen LogP contribution is -2.33. The van der Waals surface area contributed by atoms with Crippen LogP contribution in [0.4, 0.5) is 13.2 Å². The highest BCUT2D eigenvalue weighted by atomic mass is 19.4. The smallest absolute Gasteiger partial charge is 0.350 e. The molecule has 1 heterocycles. The summed E-state index contributed by atoms with van der Waals surface area (Å²) in [6.07, 6.45) is -3.96. The zero-order valence-corrected chi connectivity index (χ0v) is 14.4. The number of nitrogens with one attached hydrogen (secondary N) is 2. The molecule has 140 valence electrons. The SMILES string of the molecule is CNCCCNC(=O)c1nn(-c2ccccc2C(F)(F)F)c(C)cc1=O. The maximum Gasteiger partial charge on any atom is 0.418 e. The van der Waals surface area contributed by atoms with Crippen molar-refractivity contribution in [2.45, 2.75) is 19.5 Å². The van der Waals surface area contributed by atoms with E-state index in [1.54, 1.807) is 7.05 Å². The number of amides is 1. The van der Waals surface area contributed by atoms with Crippen molar-refractivity contribution in [2.75, 3.05) is 20.1 Å².